The topological polar surface area (TPSA) is 190 Å². The second-order valence-electron chi connectivity index (χ2n) is 12.9. The lowest BCUT2D eigenvalue weighted by Crippen LogP contribution is -2.71. The lowest BCUT2D eigenvalue weighted by atomic mass is 10.0. The van der Waals surface area contributed by atoms with Gasteiger partial charge in [0.25, 0.3) is 11.8 Å². The summed E-state index contributed by atoms with van der Waals surface area (Å²) in [6.07, 6.45) is 21.0. The van der Waals surface area contributed by atoms with Crippen molar-refractivity contribution in [2.45, 2.75) is 122 Å². The summed E-state index contributed by atoms with van der Waals surface area (Å²) < 4.78 is 11.2. The molecule has 2 aliphatic heterocycles. The van der Waals surface area contributed by atoms with Crippen LogP contribution in [0.1, 0.15) is 120 Å². The van der Waals surface area contributed by atoms with Crippen LogP contribution in [0, 0.1) is 0 Å². The van der Waals surface area contributed by atoms with Crippen LogP contribution < -0.4 is 15.6 Å². The lowest BCUT2D eigenvalue weighted by Gasteiger charge is -2.49. The number of aliphatic carboxylic acids is 1. The van der Waals surface area contributed by atoms with Gasteiger partial charge in [0.15, 0.2) is 24.1 Å². The predicted molar refractivity (Wildman–Crippen MR) is 199 cm³/mol. The third-order valence-corrected chi connectivity index (χ3v) is 10.8. The van der Waals surface area contributed by atoms with Crippen molar-refractivity contribution in [3.63, 3.8) is 0 Å². The third kappa shape index (κ3) is 11.7. The van der Waals surface area contributed by atoms with E-state index in [1.807, 2.05) is 0 Å². The highest BCUT2D eigenvalue weighted by atomic mass is 32.2. The monoisotopic (exact) mass is 758 g/mol. The Kier molecular flexibility index (Phi) is 16.8. The van der Waals surface area contributed by atoms with Gasteiger partial charge in [0.2, 0.25) is 11.5 Å². The number of carboxylic acids is 1. The number of fused-ring (bicyclic) bond motifs is 1. The Balaban J connectivity index is 1.19. The second kappa shape index (κ2) is 21.5. The van der Waals surface area contributed by atoms with E-state index in [1.165, 1.54) is 87.3 Å². The number of nitrogens with two attached hydrogens (primary N) is 1. The average molecular weight is 759 g/mol. The number of β-lactam (4-membered cyclic amide) rings is 1. The number of thioether (sulfide) groups is 1. The number of anilines is 1. The molecule has 4 heterocycles. The molecule has 1 saturated heterocycles. The number of ether oxygens (including phenoxy) is 1. The first-order valence-electron chi connectivity index (χ1n) is 18.4. The van der Waals surface area contributed by atoms with Crippen molar-refractivity contribution in [3.8, 4) is 0 Å². The number of amides is 2. The third-order valence-electron chi connectivity index (χ3n) is 8.92. The standard InChI is InChI=1S/C36H51N7O7S2/c1-3-5-6-7-8-9-10-11-12-13-14-15-16-17-22-49-35(48)25-18-20-42(21-19-25)23-26-24-51-33-28(32(45)43(33)29(26)34(46)47)38-31(44)27(40-50-4-2)30-39-36(37)52-41-30/h18-21,28,33H,3-17,22-24H2,1-2H3,(H3-,37,38,39,41,44,46,47)/p+1/t28?,33-/m1/s1. The summed E-state index contributed by atoms with van der Waals surface area (Å²) in [5.74, 6) is -2.69. The lowest BCUT2D eigenvalue weighted by molar-refractivity contribution is -0.689. The van der Waals surface area contributed by atoms with Crippen LogP contribution in [-0.2, 0) is 30.5 Å². The smallest absolute Gasteiger partial charge is 0.352 e. The number of nitrogens with zero attached hydrogens (tertiary/aromatic N) is 5. The van der Waals surface area contributed by atoms with Gasteiger partial charge in [0.05, 0.1) is 12.2 Å². The molecule has 284 valence electrons. The number of nitrogen functional groups attached to an aromatic ring is 1. The van der Waals surface area contributed by atoms with Crippen LogP contribution in [0.3, 0.4) is 0 Å². The maximum absolute atomic E-state index is 13.2. The van der Waals surface area contributed by atoms with Gasteiger partial charge >= 0.3 is 11.9 Å². The number of carbonyl (C=O) groups excluding carboxylic acids is 3. The zero-order valence-corrected chi connectivity index (χ0v) is 31.9. The fraction of sp³-hybridized carbons (Fsp3) is 0.611. The first-order chi connectivity index (χ1) is 25.2. The number of rotatable bonds is 24. The molecular weight excluding hydrogens is 707 g/mol. The van der Waals surface area contributed by atoms with Gasteiger partial charge in [-0.3, -0.25) is 14.5 Å². The van der Waals surface area contributed by atoms with Crippen LogP contribution >= 0.6 is 23.3 Å². The minimum Gasteiger partial charge on any atom is -0.477 e. The second-order valence-corrected chi connectivity index (χ2v) is 14.8. The van der Waals surface area contributed by atoms with Gasteiger partial charge in [-0.05, 0) is 13.3 Å². The normalized spacial score (nSPS) is 17.1. The quantitative estimate of drug-likeness (QED) is 0.0318. The first kappa shape index (κ1) is 40.7. The van der Waals surface area contributed by atoms with Gasteiger partial charge in [0.1, 0.15) is 23.7 Å². The molecule has 0 aliphatic carbocycles. The number of unbranched alkanes of at least 4 members (excludes halogenated alkanes) is 13. The summed E-state index contributed by atoms with van der Waals surface area (Å²) in [6.45, 7) is 4.70. The zero-order valence-electron chi connectivity index (χ0n) is 30.2. The van der Waals surface area contributed by atoms with Gasteiger partial charge in [-0.1, -0.05) is 95.6 Å². The molecule has 52 heavy (non-hydrogen) atoms. The molecule has 2 aliphatic rings. The van der Waals surface area contributed by atoms with Crippen molar-refractivity contribution in [2.75, 3.05) is 24.7 Å². The highest BCUT2D eigenvalue weighted by Crippen LogP contribution is 2.40. The number of nitrogens with one attached hydrogen (secondary N) is 1. The molecular formula is C36H52N7O7S2+. The van der Waals surface area contributed by atoms with Crippen molar-refractivity contribution < 1.29 is 38.4 Å². The molecule has 0 radical (unpaired) electrons. The summed E-state index contributed by atoms with van der Waals surface area (Å²) >= 11 is 2.22. The van der Waals surface area contributed by atoms with Gasteiger partial charge in [-0.25, -0.2) is 14.2 Å². The Morgan fingerprint density at radius 3 is 2.17 bits per heavy atom. The summed E-state index contributed by atoms with van der Waals surface area (Å²) in [7, 11) is 0. The minimum absolute atomic E-state index is 0.0388. The molecule has 4 rings (SSSR count). The molecule has 0 spiro atoms. The van der Waals surface area contributed by atoms with Gasteiger partial charge in [0, 0.05) is 35.0 Å². The maximum Gasteiger partial charge on any atom is 0.352 e. The Morgan fingerprint density at radius 1 is 1.00 bits per heavy atom. The fourth-order valence-electron chi connectivity index (χ4n) is 6.12. The van der Waals surface area contributed by atoms with Crippen LogP contribution in [0.15, 0.2) is 41.0 Å². The first-order valence-corrected chi connectivity index (χ1v) is 20.2. The highest BCUT2D eigenvalue weighted by molar-refractivity contribution is 8.00. The minimum atomic E-state index is -1.25. The van der Waals surface area contributed by atoms with E-state index in [2.05, 4.69) is 26.8 Å². The SMILES string of the molecule is CCCCCCCCCCCCCCCCOC(=O)c1cc[n+](CC2=C(C(=O)O)N3C(=O)C(NC(=O)C(=NOCC)c4nsc(N)n4)[C@H]3SC2)cc1. The molecule has 1 fully saturated rings. The predicted octanol–water partition coefficient (Wildman–Crippen LogP) is 5.23. The number of pyridine rings is 1. The van der Waals surface area contributed by atoms with Crippen LogP contribution in [0.2, 0.25) is 0 Å². The van der Waals surface area contributed by atoms with Gasteiger partial charge in [-0.15, -0.1) is 11.8 Å². The molecule has 14 nitrogen and oxygen atoms in total. The number of carbonyl (C=O) groups is 4. The van der Waals surface area contributed by atoms with Gasteiger partial charge < -0.3 is 25.7 Å². The van der Waals surface area contributed by atoms with Gasteiger partial charge in [-0.2, -0.15) is 9.36 Å². The molecule has 0 bridgehead atoms. The Labute approximate surface area is 313 Å². The van der Waals surface area contributed by atoms with Crippen molar-refractivity contribution in [1.29, 1.82) is 0 Å². The summed E-state index contributed by atoms with van der Waals surface area (Å²) in [5, 5.41) is 16.0. The number of hydrogen-bond donors (Lipinski definition) is 3. The number of hydrogen-bond acceptors (Lipinski definition) is 12. The van der Waals surface area contributed by atoms with Crippen LogP contribution in [-0.4, -0.2) is 79.2 Å². The Morgan fingerprint density at radius 2 is 1.62 bits per heavy atom. The summed E-state index contributed by atoms with van der Waals surface area (Å²) in [5.41, 5.74) is 6.22. The molecule has 4 N–H and O–H groups in total. The van der Waals surface area contributed by atoms with Crippen molar-refractivity contribution >= 4 is 57.9 Å². The maximum atomic E-state index is 13.2. The van der Waals surface area contributed by atoms with E-state index >= 15 is 0 Å². The van der Waals surface area contributed by atoms with E-state index < -0.39 is 35.2 Å². The Bertz CT molecular complexity index is 1560. The average Bonchev–Trinajstić information content (AvgIpc) is 3.57. The Hall–Kier alpha value is -4.05. The van der Waals surface area contributed by atoms with Crippen molar-refractivity contribution in [1.82, 2.24) is 19.6 Å². The molecule has 2 aromatic heterocycles. The van der Waals surface area contributed by atoms with Crippen LogP contribution in [0.4, 0.5) is 5.13 Å². The largest absolute Gasteiger partial charge is 0.477 e. The van der Waals surface area contributed by atoms with E-state index in [0.717, 1.165) is 30.8 Å². The molecule has 2 amide bonds. The number of esters is 1. The van der Waals surface area contributed by atoms with Crippen LogP contribution in [0.5, 0.6) is 0 Å². The van der Waals surface area contributed by atoms with E-state index in [-0.39, 0.29) is 35.5 Å². The molecule has 1 unspecified atom stereocenters. The van der Waals surface area contributed by atoms with E-state index in [9.17, 15) is 24.3 Å². The van der Waals surface area contributed by atoms with E-state index in [1.54, 1.807) is 36.0 Å². The number of oxime groups is 1. The zero-order chi connectivity index (χ0) is 37.3. The van der Waals surface area contributed by atoms with E-state index in [0.29, 0.717) is 23.5 Å². The highest BCUT2D eigenvalue weighted by Gasteiger charge is 2.55. The van der Waals surface area contributed by atoms with Crippen molar-refractivity contribution in [3.05, 3.63) is 47.2 Å². The fourth-order valence-corrected chi connectivity index (χ4v) is 7.89. The van der Waals surface area contributed by atoms with E-state index in [4.69, 9.17) is 15.3 Å². The number of carboxylic acid groups (broad SMARTS) is 1. The van der Waals surface area contributed by atoms with Crippen molar-refractivity contribution in [2.24, 2.45) is 5.16 Å². The number of aromatic nitrogens is 3. The summed E-state index contributed by atoms with van der Waals surface area (Å²) in [4.78, 5) is 61.5. The van der Waals surface area contributed by atoms with Crippen LogP contribution in [0.25, 0.3) is 0 Å². The molecule has 16 heteroatoms. The summed E-state index contributed by atoms with van der Waals surface area (Å²) in [6, 6.07) is 2.29. The molecule has 0 aromatic carbocycles. The molecule has 2 aromatic rings. The molecule has 2 atom stereocenters. The molecule has 0 saturated carbocycles.